The highest BCUT2D eigenvalue weighted by atomic mass is 32.2. The summed E-state index contributed by atoms with van der Waals surface area (Å²) in [6.45, 7) is 1.86. The number of sulfone groups is 1. The van der Waals surface area contributed by atoms with Gasteiger partial charge in [0.2, 0.25) is 0 Å². The predicted octanol–water partition coefficient (Wildman–Crippen LogP) is 1.89. The quantitative estimate of drug-likeness (QED) is 0.840. The van der Waals surface area contributed by atoms with E-state index in [1.54, 1.807) is 0 Å². The summed E-state index contributed by atoms with van der Waals surface area (Å²) in [4.78, 5) is 0. The van der Waals surface area contributed by atoms with Gasteiger partial charge < -0.3 is 10.1 Å². The van der Waals surface area contributed by atoms with Crippen LogP contribution in [-0.2, 0) is 14.6 Å². The Bertz CT molecular complexity index is 363. The van der Waals surface area contributed by atoms with Gasteiger partial charge >= 0.3 is 0 Å². The van der Waals surface area contributed by atoms with Crippen molar-refractivity contribution in [1.29, 1.82) is 0 Å². The smallest absolute Gasteiger partial charge is 0.150 e. The third-order valence-corrected chi connectivity index (χ3v) is 6.04. The predicted molar refractivity (Wildman–Crippen MR) is 77.1 cm³/mol. The fourth-order valence-electron chi connectivity index (χ4n) is 3.20. The minimum absolute atomic E-state index is 0.135. The molecule has 112 valence electrons. The summed E-state index contributed by atoms with van der Waals surface area (Å²) in [6.07, 6.45) is 10.2. The highest BCUT2D eigenvalue weighted by molar-refractivity contribution is 7.91. The average molecular weight is 289 g/mol. The summed E-state index contributed by atoms with van der Waals surface area (Å²) in [7, 11) is -2.87. The largest absolute Gasteiger partial charge is 0.378 e. The van der Waals surface area contributed by atoms with E-state index in [4.69, 9.17) is 4.74 Å². The summed E-state index contributed by atoms with van der Waals surface area (Å²) in [6, 6.07) is 0.372. The third-order valence-electron chi connectivity index (χ3n) is 4.40. The van der Waals surface area contributed by atoms with Crippen molar-refractivity contribution < 1.29 is 13.2 Å². The standard InChI is InChI=1S/C14H27NO3S/c1-19(16,17)14-7-4-5-12(11-14)15-9-8-13-6-2-3-10-18-13/h12-15H,2-11H2,1H3. The Morgan fingerprint density at radius 1 is 1.16 bits per heavy atom. The van der Waals surface area contributed by atoms with Crippen molar-refractivity contribution in [3.05, 3.63) is 0 Å². The van der Waals surface area contributed by atoms with Crippen LogP contribution in [0.2, 0.25) is 0 Å². The second-order valence-electron chi connectivity index (χ2n) is 6.05. The van der Waals surface area contributed by atoms with Crippen molar-refractivity contribution in [1.82, 2.24) is 5.32 Å². The molecule has 1 heterocycles. The summed E-state index contributed by atoms with van der Waals surface area (Å²) in [5.41, 5.74) is 0. The first-order valence-corrected chi connectivity index (χ1v) is 9.55. The highest BCUT2D eigenvalue weighted by Gasteiger charge is 2.28. The van der Waals surface area contributed by atoms with Gasteiger partial charge in [0.15, 0.2) is 0 Å². The Morgan fingerprint density at radius 3 is 2.68 bits per heavy atom. The van der Waals surface area contributed by atoms with Crippen LogP contribution in [0.4, 0.5) is 0 Å². The first kappa shape index (κ1) is 15.3. The second kappa shape index (κ2) is 7.04. The van der Waals surface area contributed by atoms with Gasteiger partial charge in [-0.25, -0.2) is 8.42 Å². The van der Waals surface area contributed by atoms with Gasteiger partial charge in [-0.3, -0.25) is 0 Å². The first-order chi connectivity index (χ1) is 9.05. The molecule has 2 rings (SSSR count). The van der Waals surface area contributed by atoms with Crippen LogP contribution in [0, 0.1) is 0 Å². The van der Waals surface area contributed by atoms with E-state index in [1.165, 1.54) is 25.5 Å². The average Bonchev–Trinajstić information content (AvgIpc) is 2.39. The van der Waals surface area contributed by atoms with Crippen LogP contribution in [0.1, 0.15) is 51.4 Å². The Kier molecular flexibility index (Phi) is 5.66. The molecule has 2 aliphatic rings. The molecular weight excluding hydrogens is 262 g/mol. The molecule has 3 unspecified atom stereocenters. The van der Waals surface area contributed by atoms with E-state index in [2.05, 4.69) is 5.32 Å². The lowest BCUT2D eigenvalue weighted by Gasteiger charge is -2.29. The molecule has 0 bridgehead atoms. The minimum Gasteiger partial charge on any atom is -0.378 e. The van der Waals surface area contributed by atoms with Gasteiger partial charge in [-0.15, -0.1) is 0 Å². The Labute approximate surface area is 117 Å². The van der Waals surface area contributed by atoms with Gasteiger partial charge in [-0.1, -0.05) is 6.42 Å². The zero-order valence-corrected chi connectivity index (χ0v) is 12.8. The SMILES string of the molecule is CS(=O)(=O)C1CCCC(NCCC2CCCCO2)C1. The van der Waals surface area contributed by atoms with Gasteiger partial charge in [-0.05, 0) is 51.5 Å². The topological polar surface area (TPSA) is 55.4 Å². The lowest BCUT2D eigenvalue weighted by molar-refractivity contribution is 0.0110. The van der Waals surface area contributed by atoms with Crippen molar-refractivity contribution in [2.75, 3.05) is 19.4 Å². The van der Waals surface area contributed by atoms with Crippen molar-refractivity contribution in [3.63, 3.8) is 0 Å². The van der Waals surface area contributed by atoms with E-state index in [-0.39, 0.29) is 5.25 Å². The van der Waals surface area contributed by atoms with Crippen LogP contribution >= 0.6 is 0 Å². The van der Waals surface area contributed by atoms with Crippen molar-refractivity contribution >= 4 is 9.84 Å². The van der Waals surface area contributed by atoms with Gasteiger partial charge in [-0.2, -0.15) is 0 Å². The Balaban J connectivity index is 1.67. The molecule has 3 atom stereocenters. The minimum atomic E-state index is -2.87. The van der Waals surface area contributed by atoms with E-state index in [0.717, 1.165) is 45.3 Å². The molecular formula is C14H27NO3S. The van der Waals surface area contributed by atoms with E-state index in [0.29, 0.717) is 12.1 Å². The molecule has 0 aromatic heterocycles. The molecule has 0 amide bonds. The molecule has 19 heavy (non-hydrogen) atoms. The van der Waals surface area contributed by atoms with Crippen LogP contribution in [0.25, 0.3) is 0 Å². The maximum Gasteiger partial charge on any atom is 0.150 e. The molecule has 1 saturated heterocycles. The molecule has 1 N–H and O–H groups in total. The normalized spacial score (nSPS) is 33.2. The van der Waals surface area contributed by atoms with E-state index >= 15 is 0 Å². The maximum atomic E-state index is 11.6. The van der Waals surface area contributed by atoms with Crippen molar-refractivity contribution in [2.45, 2.75) is 68.8 Å². The lowest BCUT2D eigenvalue weighted by Crippen LogP contribution is -2.40. The molecule has 1 saturated carbocycles. The summed E-state index contributed by atoms with van der Waals surface area (Å²) >= 11 is 0. The Morgan fingerprint density at radius 2 is 2.00 bits per heavy atom. The van der Waals surface area contributed by atoms with Gasteiger partial charge in [0.05, 0.1) is 11.4 Å². The van der Waals surface area contributed by atoms with Gasteiger partial charge in [0, 0.05) is 18.9 Å². The summed E-state index contributed by atoms with van der Waals surface area (Å²) < 4.78 is 28.9. The monoisotopic (exact) mass is 289 g/mol. The maximum absolute atomic E-state index is 11.6. The number of nitrogens with one attached hydrogen (secondary N) is 1. The molecule has 0 aromatic carbocycles. The summed E-state index contributed by atoms with van der Waals surface area (Å²) in [5.74, 6) is 0. The number of ether oxygens (including phenoxy) is 1. The van der Waals surface area contributed by atoms with Crippen molar-refractivity contribution in [3.8, 4) is 0 Å². The van der Waals surface area contributed by atoms with E-state index < -0.39 is 9.84 Å². The number of hydrogen-bond donors (Lipinski definition) is 1. The van der Waals surface area contributed by atoms with Crippen LogP contribution < -0.4 is 5.32 Å². The van der Waals surface area contributed by atoms with Crippen LogP contribution in [-0.4, -0.2) is 45.2 Å². The molecule has 1 aliphatic carbocycles. The fraction of sp³-hybridized carbons (Fsp3) is 1.00. The zero-order valence-electron chi connectivity index (χ0n) is 11.9. The molecule has 1 aliphatic heterocycles. The van der Waals surface area contributed by atoms with Crippen LogP contribution in [0.5, 0.6) is 0 Å². The van der Waals surface area contributed by atoms with Crippen LogP contribution in [0.3, 0.4) is 0 Å². The lowest BCUT2D eigenvalue weighted by atomic mass is 9.94. The first-order valence-electron chi connectivity index (χ1n) is 7.59. The molecule has 0 aromatic rings. The van der Waals surface area contributed by atoms with Crippen LogP contribution in [0.15, 0.2) is 0 Å². The molecule has 0 spiro atoms. The molecule has 5 heteroatoms. The summed E-state index contributed by atoms with van der Waals surface area (Å²) in [5, 5.41) is 3.39. The number of hydrogen-bond acceptors (Lipinski definition) is 4. The third kappa shape index (κ3) is 5.04. The molecule has 0 radical (unpaired) electrons. The van der Waals surface area contributed by atoms with E-state index in [1.807, 2.05) is 0 Å². The van der Waals surface area contributed by atoms with Gasteiger partial charge in [0.1, 0.15) is 9.84 Å². The second-order valence-corrected chi connectivity index (χ2v) is 8.37. The Hall–Kier alpha value is -0.130. The van der Waals surface area contributed by atoms with Gasteiger partial charge in [0.25, 0.3) is 0 Å². The molecule has 2 fully saturated rings. The van der Waals surface area contributed by atoms with Crippen molar-refractivity contribution in [2.24, 2.45) is 0 Å². The zero-order chi connectivity index (χ0) is 13.7. The highest BCUT2D eigenvalue weighted by Crippen LogP contribution is 2.24. The van der Waals surface area contributed by atoms with E-state index in [9.17, 15) is 8.42 Å². The number of rotatable bonds is 5. The molecule has 4 nitrogen and oxygen atoms in total. The fourth-order valence-corrected chi connectivity index (χ4v) is 4.38.